The number of ether oxygens (including phenoxy) is 2. The van der Waals surface area contributed by atoms with Crippen LogP contribution in [0.5, 0.6) is 11.5 Å². The Kier molecular flexibility index (Phi) is 6.42. The van der Waals surface area contributed by atoms with Gasteiger partial charge in [-0.3, -0.25) is 0 Å². The fourth-order valence-corrected chi connectivity index (χ4v) is 4.86. The first kappa shape index (κ1) is 23.5. The maximum absolute atomic E-state index is 13.9. The number of fused-ring (bicyclic) bond motifs is 3. The highest BCUT2D eigenvalue weighted by atomic mass is 16.5. The van der Waals surface area contributed by atoms with Crippen LogP contribution in [0.2, 0.25) is 0 Å². The molecule has 1 aromatic heterocycles. The van der Waals surface area contributed by atoms with Gasteiger partial charge in [-0.05, 0) is 52.9 Å². The van der Waals surface area contributed by atoms with E-state index < -0.39 is 0 Å². The van der Waals surface area contributed by atoms with E-state index in [1.807, 2.05) is 29.2 Å². The number of urea groups is 1. The summed E-state index contributed by atoms with van der Waals surface area (Å²) in [6.07, 6.45) is 2.07. The number of aromatic nitrogens is 1. The molecule has 0 aliphatic carbocycles. The van der Waals surface area contributed by atoms with Gasteiger partial charge in [-0.2, -0.15) is 0 Å². The minimum absolute atomic E-state index is 0.190. The molecular formula is C30H31N3O3. The molecule has 0 fully saturated rings. The predicted octanol–water partition coefficient (Wildman–Crippen LogP) is 6.76. The Balaban J connectivity index is 1.58. The Bertz CT molecular complexity index is 1370. The summed E-state index contributed by atoms with van der Waals surface area (Å²) < 4.78 is 13.0. The minimum Gasteiger partial charge on any atom is -0.493 e. The summed E-state index contributed by atoms with van der Waals surface area (Å²) >= 11 is 0. The maximum Gasteiger partial charge on any atom is 0.322 e. The largest absolute Gasteiger partial charge is 0.493 e. The number of carbonyl (C=O) groups excluding carboxylic acids is 1. The molecule has 0 spiro atoms. The van der Waals surface area contributed by atoms with Crippen molar-refractivity contribution in [3.63, 3.8) is 0 Å². The fourth-order valence-electron chi connectivity index (χ4n) is 4.86. The van der Waals surface area contributed by atoms with Gasteiger partial charge in [-0.1, -0.05) is 56.3 Å². The summed E-state index contributed by atoms with van der Waals surface area (Å²) in [6.45, 7) is 4.84. The Morgan fingerprint density at radius 2 is 1.67 bits per heavy atom. The summed E-state index contributed by atoms with van der Waals surface area (Å²) in [4.78, 5) is 15.8. The van der Waals surface area contributed by atoms with Crippen LogP contribution in [0.1, 0.15) is 48.2 Å². The molecule has 184 valence electrons. The minimum atomic E-state index is -0.270. The zero-order valence-corrected chi connectivity index (χ0v) is 21.1. The van der Waals surface area contributed by atoms with Gasteiger partial charge in [0, 0.05) is 23.6 Å². The number of carbonyl (C=O) groups is 1. The van der Waals surface area contributed by atoms with E-state index in [2.05, 4.69) is 72.4 Å². The highest BCUT2D eigenvalue weighted by Gasteiger charge is 2.33. The van der Waals surface area contributed by atoms with E-state index in [1.165, 1.54) is 5.56 Å². The summed E-state index contributed by atoms with van der Waals surface area (Å²) in [5, 5.41) is 3.09. The lowest BCUT2D eigenvalue weighted by Crippen LogP contribution is -2.37. The van der Waals surface area contributed by atoms with Crippen molar-refractivity contribution >= 4 is 11.7 Å². The van der Waals surface area contributed by atoms with Gasteiger partial charge >= 0.3 is 6.03 Å². The molecule has 1 N–H and O–H groups in total. The number of anilines is 1. The number of nitrogens with one attached hydrogen (secondary N) is 1. The third kappa shape index (κ3) is 4.31. The fraction of sp³-hybridized carbons (Fsp3) is 0.233. The van der Waals surface area contributed by atoms with Gasteiger partial charge in [-0.25, -0.2) is 4.79 Å². The first-order chi connectivity index (χ1) is 17.5. The van der Waals surface area contributed by atoms with Crippen molar-refractivity contribution in [2.75, 3.05) is 19.5 Å². The van der Waals surface area contributed by atoms with Crippen molar-refractivity contribution in [3.05, 3.63) is 107 Å². The number of benzene rings is 3. The normalized spacial score (nSPS) is 14.6. The molecule has 6 heteroatoms. The molecule has 1 aliphatic heterocycles. The molecule has 4 aromatic rings. The first-order valence-corrected chi connectivity index (χ1v) is 12.1. The molecule has 3 aromatic carbocycles. The van der Waals surface area contributed by atoms with Crippen molar-refractivity contribution in [1.82, 2.24) is 9.47 Å². The number of hydrogen-bond donors (Lipinski definition) is 1. The number of rotatable bonds is 5. The molecule has 2 amide bonds. The molecule has 0 saturated carbocycles. The van der Waals surface area contributed by atoms with E-state index in [0.717, 1.165) is 22.5 Å². The maximum atomic E-state index is 13.9. The molecular weight excluding hydrogens is 450 g/mol. The second-order valence-electron chi connectivity index (χ2n) is 9.28. The Hall–Kier alpha value is -4.19. The van der Waals surface area contributed by atoms with E-state index >= 15 is 0 Å². The average molecular weight is 482 g/mol. The van der Waals surface area contributed by atoms with Crippen molar-refractivity contribution in [2.45, 2.75) is 32.4 Å². The molecule has 2 heterocycles. The monoisotopic (exact) mass is 481 g/mol. The van der Waals surface area contributed by atoms with E-state index in [0.29, 0.717) is 29.6 Å². The lowest BCUT2D eigenvalue weighted by molar-refractivity contribution is 0.194. The van der Waals surface area contributed by atoms with E-state index in [-0.39, 0.29) is 12.1 Å². The van der Waals surface area contributed by atoms with Gasteiger partial charge in [0.25, 0.3) is 0 Å². The van der Waals surface area contributed by atoms with Crippen LogP contribution in [0, 0.1) is 0 Å². The van der Waals surface area contributed by atoms with Crippen LogP contribution >= 0.6 is 0 Å². The summed E-state index contributed by atoms with van der Waals surface area (Å²) in [5.74, 6) is 1.61. The Morgan fingerprint density at radius 3 is 2.39 bits per heavy atom. The average Bonchev–Trinajstić information content (AvgIpc) is 3.32. The van der Waals surface area contributed by atoms with Crippen LogP contribution in [0.15, 0.2) is 85.1 Å². The highest BCUT2D eigenvalue weighted by molar-refractivity contribution is 5.90. The molecule has 0 saturated heterocycles. The van der Waals surface area contributed by atoms with Crippen LogP contribution in [0.25, 0.3) is 5.69 Å². The SMILES string of the molecule is COc1ccc(NC(=O)N2Cc3ccccc3-n3cccc3[C@H]2c2ccc(C(C)C)cc2)cc1OC. The quantitative estimate of drug-likeness (QED) is 0.343. The number of para-hydroxylation sites is 1. The molecule has 0 bridgehead atoms. The number of hydrogen-bond acceptors (Lipinski definition) is 3. The lowest BCUT2D eigenvalue weighted by atomic mass is 9.97. The van der Waals surface area contributed by atoms with E-state index in [9.17, 15) is 4.79 Å². The topological polar surface area (TPSA) is 55.7 Å². The Labute approximate surface area is 212 Å². The molecule has 36 heavy (non-hydrogen) atoms. The van der Waals surface area contributed by atoms with Gasteiger partial charge in [-0.15, -0.1) is 0 Å². The number of methoxy groups -OCH3 is 2. The van der Waals surface area contributed by atoms with Crippen LogP contribution < -0.4 is 14.8 Å². The third-order valence-electron chi connectivity index (χ3n) is 6.78. The van der Waals surface area contributed by atoms with Crippen molar-refractivity contribution in [3.8, 4) is 17.2 Å². The van der Waals surface area contributed by atoms with Crippen LogP contribution in [-0.2, 0) is 6.54 Å². The zero-order valence-electron chi connectivity index (χ0n) is 21.1. The van der Waals surface area contributed by atoms with Crippen molar-refractivity contribution in [1.29, 1.82) is 0 Å². The summed E-state index contributed by atoms with van der Waals surface area (Å²) in [5.41, 5.74) is 6.18. The second kappa shape index (κ2) is 9.82. The molecule has 1 atom stereocenters. The molecule has 5 rings (SSSR count). The van der Waals surface area contributed by atoms with Crippen LogP contribution in [0.4, 0.5) is 10.5 Å². The van der Waals surface area contributed by atoms with E-state index in [1.54, 1.807) is 26.4 Å². The van der Waals surface area contributed by atoms with Crippen LogP contribution in [-0.4, -0.2) is 29.7 Å². The van der Waals surface area contributed by atoms with Gasteiger partial charge in [0.2, 0.25) is 0 Å². The van der Waals surface area contributed by atoms with Gasteiger partial charge in [0.1, 0.15) is 0 Å². The molecule has 0 unspecified atom stereocenters. The highest BCUT2D eigenvalue weighted by Crippen LogP contribution is 2.38. The Morgan fingerprint density at radius 1 is 0.917 bits per heavy atom. The van der Waals surface area contributed by atoms with Gasteiger partial charge in [0.15, 0.2) is 11.5 Å². The van der Waals surface area contributed by atoms with E-state index in [4.69, 9.17) is 9.47 Å². The zero-order chi connectivity index (χ0) is 25.2. The third-order valence-corrected chi connectivity index (χ3v) is 6.78. The standard InChI is InChI=1S/C30H31N3O3/c1-20(2)21-11-13-22(14-12-21)29-26-10-7-17-32(26)25-9-6-5-8-23(25)19-33(29)30(34)31-24-15-16-27(35-3)28(18-24)36-4/h5-18,20,29H,19H2,1-4H3,(H,31,34)/t29-/m1/s1. The van der Waals surface area contributed by atoms with Gasteiger partial charge in [0.05, 0.1) is 32.5 Å². The van der Waals surface area contributed by atoms with Gasteiger partial charge < -0.3 is 24.3 Å². The van der Waals surface area contributed by atoms with Crippen LogP contribution in [0.3, 0.4) is 0 Å². The predicted molar refractivity (Wildman–Crippen MR) is 142 cm³/mol. The lowest BCUT2D eigenvalue weighted by Gasteiger charge is -2.31. The first-order valence-electron chi connectivity index (χ1n) is 12.1. The summed E-state index contributed by atoms with van der Waals surface area (Å²) in [6, 6.07) is 25.9. The summed E-state index contributed by atoms with van der Waals surface area (Å²) in [7, 11) is 3.18. The molecule has 0 radical (unpaired) electrons. The number of nitrogens with zero attached hydrogens (tertiary/aromatic N) is 2. The van der Waals surface area contributed by atoms with Crippen molar-refractivity contribution in [2.24, 2.45) is 0 Å². The molecule has 6 nitrogen and oxygen atoms in total. The second-order valence-corrected chi connectivity index (χ2v) is 9.28. The molecule has 1 aliphatic rings. The van der Waals surface area contributed by atoms with Crippen molar-refractivity contribution < 1.29 is 14.3 Å². The number of amides is 2. The smallest absolute Gasteiger partial charge is 0.322 e.